The van der Waals surface area contributed by atoms with Crippen LogP contribution in [0.4, 0.5) is 0 Å². The minimum Gasteiger partial charge on any atom is -0.266 e. The first-order chi connectivity index (χ1) is 12.2. The fraction of sp³-hybridized carbons (Fsp3) is 0.0556. The van der Waals surface area contributed by atoms with Gasteiger partial charge in [-0.15, -0.1) is 22.7 Å². The molecule has 0 aliphatic rings. The monoisotopic (exact) mass is 366 g/mol. The molecule has 5 nitrogen and oxygen atoms in total. The number of aromatic nitrogens is 2. The lowest BCUT2D eigenvalue weighted by Crippen LogP contribution is -2.16. The van der Waals surface area contributed by atoms with Crippen molar-refractivity contribution in [3.63, 3.8) is 0 Å². The van der Waals surface area contributed by atoms with Crippen LogP contribution < -0.4 is 5.43 Å². The number of hydrogen-bond acceptors (Lipinski definition) is 5. The molecule has 25 heavy (non-hydrogen) atoms. The Labute approximate surface area is 152 Å². The average molecular weight is 366 g/mol. The Bertz CT molecular complexity index is 1050. The molecule has 0 saturated heterocycles. The Morgan fingerprint density at radius 2 is 2.08 bits per heavy atom. The predicted molar refractivity (Wildman–Crippen MR) is 103 cm³/mol. The molecule has 4 rings (SSSR count). The molecule has 0 unspecified atom stereocenters. The predicted octanol–water partition coefficient (Wildman–Crippen LogP) is 4.22. The highest BCUT2D eigenvalue weighted by atomic mass is 32.1. The second-order valence-corrected chi connectivity index (χ2v) is 7.39. The number of fused-ring (bicyclic) bond motifs is 1. The van der Waals surface area contributed by atoms with Crippen LogP contribution in [0.5, 0.6) is 0 Å². The van der Waals surface area contributed by atoms with E-state index < -0.39 is 0 Å². The summed E-state index contributed by atoms with van der Waals surface area (Å²) < 4.78 is 1.88. The van der Waals surface area contributed by atoms with Crippen molar-refractivity contribution in [3.05, 3.63) is 69.4 Å². The largest absolute Gasteiger partial charge is 0.281 e. The van der Waals surface area contributed by atoms with Gasteiger partial charge in [0.2, 0.25) is 0 Å². The van der Waals surface area contributed by atoms with Gasteiger partial charge in [-0.3, -0.25) is 4.79 Å². The highest BCUT2D eigenvalue weighted by molar-refractivity contribution is 7.20. The molecule has 0 spiro atoms. The zero-order valence-electron chi connectivity index (χ0n) is 13.3. The second-order valence-electron chi connectivity index (χ2n) is 5.38. The van der Waals surface area contributed by atoms with Crippen LogP contribution in [0, 0.1) is 6.92 Å². The lowest BCUT2D eigenvalue weighted by Gasteiger charge is -2.01. The third-order valence-corrected chi connectivity index (χ3v) is 5.59. The van der Waals surface area contributed by atoms with Gasteiger partial charge in [0.25, 0.3) is 5.91 Å². The minimum atomic E-state index is -0.215. The van der Waals surface area contributed by atoms with Gasteiger partial charge in [0, 0.05) is 10.3 Å². The number of aryl methyl sites for hydroxylation is 1. The van der Waals surface area contributed by atoms with E-state index in [0.717, 1.165) is 26.5 Å². The summed E-state index contributed by atoms with van der Waals surface area (Å²) in [4.78, 5) is 14.9. The first-order valence-corrected chi connectivity index (χ1v) is 9.33. The molecule has 0 aliphatic heterocycles. The Hall–Kier alpha value is -2.77. The maximum Gasteiger partial charge on any atom is 0.281 e. The summed E-state index contributed by atoms with van der Waals surface area (Å²) in [5.74, 6) is -0.215. The minimum absolute atomic E-state index is 0.215. The molecule has 3 aromatic heterocycles. The van der Waals surface area contributed by atoms with Crippen LogP contribution in [0.25, 0.3) is 15.9 Å². The van der Waals surface area contributed by atoms with E-state index in [-0.39, 0.29) is 5.91 Å². The van der Waals surface area contributed by atoms with Crippen LogP contribution in [-0.4, -0.2) is 21.9 Å². The summed E-state index contributed by atoms with van der Waals surface area (Å²) in [5, 5.41) is 11.6. The van der Waals surface area contributed by atoms with Crippen LogP contribution in [0.3, 0.4) is 0 Å². The van der Waals surface area contributed by atoms with Crippen molar-refractivity contribution >= 4 is 45.0 Å². The van der Waals surface area contributed by atoms with Crippen molar-refractivity contribution in [1.82, 2.24) is 15.2 Å². The summed E-state index contributed by atoms with van der Waals surface area (Å²) in [6, 6.07) is 15.7. The fourth-order valence-electron chi connectivity index (χ4n) is 2.48. The normalized spacial score (nSPS) is 11.4. The molecule has 0 atom stereocenters. The standard InChI is InChI=1S/C18H14N4OS2/c1-12-15-10-16(17(23)20-19-11-14-8-5-9-24-14)25-18(15)22(21-12)13-6-3-2-4-7-13/h2-11H,1H3,(H,20,23). The third kappa shape index (κ3) is 3.11. The molecule has 0 radical (unpaired) electrons. The molecular formula is C18H14N4OS2. The van der Waals surface area contributed by atoms with Crippen molar-refractivity contribution in [3.8, 4) is 5.69 Å². The molecule has 1 aromatic carbocycles. The van der Waals surface area contributed by atoms with E-state index in [2.05, 4.69) is 15.6 Å². The highest BCUT2D eigenvalue weighted by Gasteiger charge is 2.16. The Kier molecular flexibility index (Phi) is 4.17. The Balaban J connectivity index is 1.62. The molecule has 3 heterocycles. The topological polar surface area (TPSA) is 59.3 Å². The van der Waals surface area contributed by atoms with E-state index in [9.17, 15) is 4.79 Å². The Morgan fingerprint density at radius 3 is 2.84 bits per heavy atom. The lowest BCUT2D eigenvalue weighted by molar-refractivity contribution is 0.0959. The smallest absolute Gasteiger partial charge is 0.266 e. The number of thiophene rings is 2. The van der Waals surface area contributed by atoms with E-state index in [1.165, 1.54) is 11.3 Å². The number of hydrogen-bond donors (Lipinski definition) is 1. The van der Waals surface area contributed by atoms with Crippen LogP contribution >= 0.6 is 22.7 Å². The molecular weight excluding hydrogens is 352 g/mol. The number of carbonyl (C=O) groups is 1. The molecule has 7 heteroatoms. The van der Waals surface area contributed by atoms with Crippen molar-refractivity contribution in [2.24, 2.45) is 5.10 Å². The van der Waals surface area contributed by atoms with Gasteiger partial charge >= 0.3 is 0 Å². The van der Waals surface area contributed by atoms with Gasteiger partial charge in [-0.25, -0.2) is 10.1 Å². The fourth-order valence-corrected chi connectivity index (χ4v) is 4.14. The van der Waals surface area contributed by atoms with Gasteiger partial charge in [-0.1, -0.05) is 24.3 Å². The molecule has 0 aliphatic carbocycles. The van der Waals surface area contributed by atoms with Crippen LogP contribution in [0.1, 0.15) is 20.2 Å². The number of para-hydroxylation sites is 1. The molecule has 1 amide bonds. The molecule has 124 valence electrons. The van der Waals surface area contributed by atoms with Crippen molar-refractivity contribution in [1.29, 1.82) is 0 Å². The number of benzene rings is 1. The SMILES string of the molecule is Cc1nn(-c2ccccc2)c2sc(C(=O)NN=Cc3cccs3)cc12. The number of hydrazone groups is 1. The molecule has 0 fully saturated rings. The van der Waals surface area contributed by atoms with Crippen molar-refractivity contribution in [2.75, 3.05) is 0 Å². The van der Waals surface area contributed by atoms with Crippen molar-refractivity contribution in [2.45, 2.75) is 6.92 Å². The molecule has 4 aromatic rings. The van der Waals surface area contributed by atoms with Gasteiger partial charge in [-0.2, -0.15) is 10.2 Å². The molecule has 1 N–H and O–H groups in total. The van der Waals surface area contributed by atoms with Gasteiger partial charge in [0.05, 0.1) is 22.5 Å². The first-order valence-electron chi connectivity index (χ1n) is 7.64. The maximum atomic E-state index is 12.4. The van der Waals surface area contributed by atoms with E-state index in [0.29, 0.717) is 4.88 Å². The number of nitrogens with one attached hydrogen (secondary N) is 1. The number of nitrogens with zero attached hydrogens (tertiary/aromatic N) is 3. The van der Waals surface area contributed by atoms with E-state index in [1.807, 2.05) is 65.5 Å². The van der Waals surface area contributed by atoms with Crippen LogP contribution in [-0.2, 0) is 0 Å². The van der Waals surface area contributed by atoms with Gasteiger partial charge < -0.3 is 0 Å². The van der Waals surface area contributed by atoms with Crippen molar-refractivity contribution < 1.29 is 4.79 Å². The lowest BCUT2D eigenvalue weighted by atomic mass is 10.3. The van der Waals surface area contributed by atoms with Crippen LogP contribution in [0.15, 0.2) is 59.0 Å². The number of rotatable bonds is 4. The molecule has 0 saturated carbocycles. The van der Waals surface area contributed by atoms with Gasteiger partial charge in [-0.05, 0) is 36.6 Å². The van der Waals surface area contributed by atoms with E-state index >= 15 is 0 Å². The number of carbonyl (C=O) groups excluding carboxylic acids is 1. The highest BCUT2D eigenvalue weighted by Crippen LogP contribution is 2.30. The zero-order valence-corrected chi connectivity index (χ0v) is 15.0. The summed E-state index contributed by atoms with van der Waals surface area (Å²) in [6.45, 7) is 1.95. The number of amides is 1. The second kappa shape index (κ2) is 6.62. The van der Waals surface area contributed by atoms with E-state index in [1.54, 1.807) is 17.6 Å². The molecule has 0 bridgehead atoms. The average Bonchev–Trinajstić information content (AvgIpc) is 3.34. The van der Waals surface area contributed by atoms with E-state index in [4.69, 9.17) is 0 Å². The first kappa shape index (κ1) is 15.7. The van der Waals surface area contributed by atoms with Crippen LogP contribution in [0.2, 0.25) is 0 Å². The zero-order chi connectivity index (χ0) is 17.2. The van der Waals surface area contributed by atoms with Gasteiger partial charge in [0.15, 0.2) is 0 Å². The summed E-state index contributed by atoms with van der Waals surface area (Å²) in [5.41, 5.74) is 4.46. The summed E-state index contributed by atoms with van der Waals surface area (Å²) >= 11 is 2.98. The van der Waals surface area contributed by atoms with Gasteiger partial charge in [0.1, 0.15) is 4.83 Å². The summed E-state index contributed by atoms with van der Waals surface area (Å²) in [6.07, 6.45) is 1.65. The Morgan fingerprint density at radius 1 is 1.24 bits per heavy atom. The quantitative estimate of drug-likeness (QED) is 0.434. The summed E-state index contributed by atoms with van der Waals surface area (Å²) in [7, 11) is 0. The third-order valence-electron chi connectivity index (χ3n) is 3.67. The maximum absolute atomic E-state index is 12.4.